The summed E-state index contributed by atoms with van der Waals surface area (Å²) in [4.78, 5) is 28.1. The molecule has 1 amide bonds. The standard InChI is InChI=1S/C36H45ClN2O7S/c1-4-44-34(40)20-45-32-9-5-7-23(2)24(3)47(42,43)38-35(41)26-11-15-33-31(18-26)39(19-27-10-13-29(27)32)21-36(22-46-33)16-6-8-25-17-28(37)12-14-30(25)36/h5,9,11-12,14-15,17-18,23-24,27,29,32H,4,6-8,10,13,16,19-22H2,1-3H3,(H,38,41)/b9-5+/t23?,24-,27-,29+,32-,36-/m0/s1. The average molecular weight is 685 g/mol. The first-order valence-corrected chi connectivity index (χ1v) is 18.7. The zero-order valence-corrected chi connectivity index (χ0v) is 28.9. The zero-order valence-electron chi connectivity index (χ0n) is 27.4. The average Bonchev–Trinajstić information content (AvgIpc) is 3.17. The highest BCUT2D eigenvalue weighted by Crippen LogP contribution is 2.47. The van der Waals surface area contributed by atoms with E-state index in [-0.39, 0.29) is 48.0 Å². The Morgan fingerprint density at radius 3 is 2.77 bits per heavy atom. The van der Waals surface area contributed by atoms with Crippen LogP contribution in [-0.4, -0.2) is 64.6 Å². The normalized spacial score (nSPS) is 30.9. The summed E-state index contributed by atoms with van der Waals surface area (Å²) in [6, 6.07) is 11.3. The third-order valence-electron chi connectivity index (χ3n) is 10.7. The fourth-order valence-electron chi connectivity index (χ4n) is 7.69. The fourth-order valence-corrected chi connectivity index (χ4v) is 9.17. The summed E-state index contributed by atoms with van der Waals surface area (Å²) >= 11 is 6.42. The molecule has 4 aliphatic rings. The van der Waals surface area contributed by atoms with Crippen LogP contribution in [0.25, 0.3) is 0 Å². The molecule has 0 radical (unpaired) electrons. The third kappa shape index (κ3) is 7.06. The number of amides is 1. The first-order chi connectivity index (χ1) is 22.5. The second kappa shape index (κ2) is 13.8. The van der Waals surface area contributed by atoms with Crippen LogP contribution in [0.1, 0.15) is 74.4 Å². The van der Waals surface area contributed by atoms with Crippen molar-refractivity contribution in [2.45, 2.75) is 76.1 Å². The summed E-state index contributed by atoms with van der Waals surface area (Å²) in [6.45, 7) is 7.21. The lowest BCUT2D eigenvalue weighted by molar-refractivity contribution is -0.151. The number of ether oxygens (including phenoxy) is 3. The molecule has 0 aromatic heterocycles. The molecule has 11 heteroatoms. The van der Waals surface area contributed by atoms with Gasteiger partial charge in [0, 0.05) is 29.1 Å². The van der Waals surface area contributed by atoms with Gasteiger partial charge in [-0.15, -0.1) is 0 Å². The molecule has 2 aliphatic heterocycles. The van der Waals surface area contributed by atoms with Crippen molar-refractivity contribution in [1.82, 2.24) is 4.72 Å². The zero-order chi connectivity index (χ0) is 33.3. The number of sulfonamides is 1. The lowest BCUT2D eigenvalue weighted by Gasteiger charge is -2.46. The number of carbonyl (C=O) groups is 2. The van der Waals surface area contributed by atoms with E-state index in [0.29, 0.717) is 31.9 Å². The summed E-state index contributed by atoms with van der Waals surface area (Å²) < 4.78 is 46.9. The van der Waals surface area contributed by atoms with Crippen molar-refractivity contribution in [3.63, 3.8) is 0 Å². The van der Waals surface area contributed by atoms with E-state index in [9.17, 15) is 18.0 Å². The van der Waals surface area contributed by atoms with Crippen molar-refractivity contribution in [2.24, 2.45) is 17.8 Å². The number of hydrogen-bond acceptors (Lipinski definition) is 8. The van der Waals surface area contributed by atoms with Crippen molar-refractivity contribution < 1.29 is 32.2 Å². The van der Waals surface area contributed by atoms with Crippen LogP contribution in [0.4, 0.5) is 5.69 Å². The van der Waals surface area contributed by atoms with E-state index in [4.69, 9.17) is 25.8 Å². The molecule has 1 spiro atoms. The number of fused-ring (bicyclic) bond motifs is 4. The van der Waals surface area contributed by atoms with E-state index in [0.717, 1.165) is 42.8 Å². The molecule has 0 saturated heterocycles. The quantitative estimate of drug-likeness (QED) is 0.316. The van der Waals surface area contributed by atoms with Crippen molar-refractivity contribution in [1.29, 1.82) is 0 Å². The number of aryl methyl sites for hydroxylation is 1. The van der Waals surface area contributed by atoms with Crippen LogP contribution in [0, 0.1) is 17.8 Å². The molecule has 6 atom stereocenters. The van der Waals surface area contributed by atoms with Gasteiger partial charge in [0.05, 0.1) is 30.3 Å². The highest BCUT2D eigenvalue weighted by molar-refractivity contribution is 7.90. The van der Waals surface area contributed by atoms with E-state index in [1.54, 1.807) is 32.0 Å². The first kappa shape index (κ1) is 33.8. The van der Waals surface area contributed by atoms with Gasteiger partial charge >= 0.3 is 5.97 Å². The Morgan fingerprint density at radius 1 is 1.17 bits per heavy atom. The van der Waals surface area contributed by atoms with Crippen LogP contribution >= 0.6 is 11.6 Å². The number of allylic oxidation sites excluding steroid dienone is 1. The van der Waals surface area contributed by atoms with Crippen molar-refractivity contribution in [3.05, 3.63) is 70.3 Å². The van der Waals surface area contributed by atoms with Gasteiger partial charge in [-0.2, -0.15) is 0 Å². The predicted molar refractivity (Wildman–Crippen MR) is 182 cm³/mol. The predicted octanol–water partition coefficient (Wildman–Crippen LogP) is 5.83. The molecule has 1 saturated carbocycles. The second-order valence-electron chi connectivity index (χ2n) is 13.7. The highest BCUT2D eigenvalue weighted by atomic mass is 35.5. The minimum Gasteiger partial charge on any atom is -0.490 e. The monoisotopic (exact) mass is 684 g/mol. The minimum atomic E-state index is -3.97. The number of benzene rings is 2. The summed E-state index contributed by atoms with van der Waals surface area (Å²) in [5.74, 6) is -0.260. The fraction of sp³-hybridized carbons (Fsp3) is 0.556. The minimum absolute atomic E-state index is 0.148. The van der Waals surface area contributed by atoms with Gasteiger partial charge in [0.1, 0.15) is 12.4 Å². The second-order valence-corrected chi connectivity index (χ2v) is 16.2. The van der Waals surface area contributed by atoms with Gasteiger partial charge < -0.3 is 19.1 Å². The summed E-state index contributed by atoms with van der Waals surface area (Å²) in [5, 5.41) is -0.100. The smallest absolute Gasteiger partial charge is 0.332 e. The number of anilines is 1. The lowest BCUT2D eigenvalue weighted by Crippen LogP contribution is -2.50. The number of rotatable bonds is 4. The largest absolute Gasteiger partial charge is 0.490 e. The SMILES string of the molecule is CCOC(=O)CO[C@H]1/C=C/CC(C)[C@H](C)S(=O)(=O)NC(=O)c2ccc3c(c2)N(C[C@@H]2CC[C@H]21)C[C@@]1(CCCc2cc(Cl)ccc21)CO3. The molecule has 1 N–H and O–H groups in total. The summed E-state index contributed by atoms with van der Waals surface area (Å²) in [6.07, 6.45) is 8.92. The topological polar surface area (TPSA) is 111 Å². The van der Waals surface area contributed by atoms with Gasteiger partial charge in [0.2, 0.25) is 10.0 Å². The molecule has 2 aromatic rings. The molecular weight excluding hydrogens is 640 g/mol. The van der Waals surface area contributed by atoms with Gasteiger partial charge in [-0.3, -0.25) is 4.79 Å². The Balaban J connectivity index is 1.40. The number of nitrogens with zero attached hydrogens (tertiary/aromatic N) is 1. The molecule has 254 valence electrons. The Labute approximate surface area is 283 Å². The molecule has 9 nitrogen and oxygen atoms in total. The molecule has 6 rings (SSSR count). The van der Waals surface area contributed by atoms with Crippen molar-refractivity contribution in [3.8, 4) is 5.75 Å². The van der Waals surface area contributed by atoms with Crippen LogP contribution in [0.3, 0.4) is 0 Å². The van der Waals surface area contributed by atoms with E-state index >= 15 is 0 Å². The maximum absolute atomic E-state index is 13.5. The number of carbonyl (C=O) groups excluding carboxylic acids is 2. The molecule has 2 aromatic carbocycles. The molecule has 47 heavy (non-hydrogen) atoms. The summed E-state index contributed by atoms with van der Waals surface area (Å²) in [7, 11) is -3.97. The van der Waals surface area contributed by atoms with Crippen molar-refractivity contribution in [2.75, 3.05) is 37.8 Å². The number of halogens is 1. The Bertz CT molecular complexity index is 1650. The lowest BCUT2D eigenvalue weighted by atomic mass is 9.68. The van der Waals surface area contributed by atoms with E-state index < -0.39 is 27.1 Å². The molecule has 2 bridgehead atoms. The Morgan fingerprint density at radius 2 is 2.00 bits per heavy atom. The van der Waals surface area contributed by atoms with Crippen LogP contribution in [0.15, 0.2) is 48.6 Å². The van der Waals surface area contributed by atoms with Gasteiger partial charge in [-0.05, 0) is 112 Å². The van der Waals surface area contributed by atoms with E-state index in [1.165, 1.54) is 11.1 Å². The van der Waals surface area contributed by atoms with Gasteiger partial charge in [0.15, 0.2) is 0 Å². The maximum Gasteiger partial charge on any atom is 0.332 e. The molecule has 1 unspecified atom stereocenters. The molecule has 2 aliphatic carbocycles. The maximum atomic E-state index is 13.5. The third-order valence-corrected chi connectivity index (χ3v) is 12.9. The van der Waals surface area contributed by atoms with Gasteiger partial charge in [0.25, 0.3) is 5.91 Å². The number of nitrogens with one attached hydrogen (secondary N) is 1. The van der Waals surface area contributed by atoms with Crippen LogP contribution in [0.5, 0.6) is 5.75 Å². The van der Waals surface area contributed by atoms with Gasteiger partial charge in [-0.25, -0.2) is 17.9 Å². The number of hydrogen-bond donors (Lipinski definition) is 1. The van der Waals surface area contributed by atoms with Crippen molar-refractivity contribution >= 4 is 39.2 Å². The van der Waals surface area contributed by atoms with Crippen LogP contribution in [0.2, 0.25) is 5.02 Å². The summed E-state index contributed by atoms with van der Waals surface area (Å²) in [5.41, 5.74) is 3.21. The van der Waals surface area contributed by atoms with Crippen LogP contribution in [-0.2, 0) is 36.1 Å². The molecule has 2 heterocycles. The number of esters is 1. The Kier molecular flexibility index (Phi) is 9.93. The first-order valence-electron chi connectivity index (χ1n) is 16.8. The Hall–Kier alpha value is -3.08. The van der Waals surface area contributed by atoms with E-state index in [1.807, 2.05) is 25.1 Å². The highest BCUT2D eigenvalue weighted by Gasteiger charge is 2.44. The van der Waals surface area contributed by atoms with Gasteiger partial charge in [-0.1, -0.05) is 36.7 Å². The molecule has 1 fully saturated rings. The van der Waals surface area contributed by atoms with Crippen LogP contribution < -0.4 is 14.4 Å². The van der Waals surface area contributed by atoms with E-state index in [2.05, 4.69) is 21.8 Å². The molecular formula is C36H45ClN2O7S.